The third-order valence-electron chi connectivity index (χ3n) is 3.94. The molecule has 2 aromatic rings. The Morgan fingerprint density at radius 2 is 1.92 bits per heavy atom. The van der Waals surface area contributed by atoms with Crippen molar-refractivity contribution in [2.45, 2.75) is 32.1 Å². The minimum absolute atomic E-state index is 0.503. The second-order valence-corrected chi connectivity index (χ2v) is 8.11. The molecular formula is C20H25ClN2S2. The molecule has 0 saturated carbocycles. The summed E-state index contributed by atoms with van der Waals surface area (Å²) in [5, 5.41) is 8.17. The lowest BCUT2D eigenvalue weighted by Crippen LogP contribution is -2.33. The fraction of sp³-hybridized carbons (Fsp3) is 0.350. The Balaban J connectivity index is 1.78. The third kappa shape index (κ3) is 6.53. The predicted octanol–water partition coefficient (Wildman–Crippen LogP) is 5.93. The Labute approximate surface area is 165 Å². The molecule has 0 fully saturated rings. The highest BCUT2D eigenvalue weighted by molar-refractivity contribution is 7.99. The molecular weight excluding hydrogens is 368 g/mol. The van der Waals surface area contributed by atoms with E-state index in [1.807, 2.05) is 23.9 Å². The largest absolute Gasteiger partial charge is 0.362 e. The Hall–Kier alpha value is -1.23. The van der Waals surface area contributed by atoms with E-state index in [2.05, 4.69) is 61.7 Å². The molecule has 0 unspecified atom stereocenters. The van der Waals surface area contributed by atoms with Crippen LogP contribution in [0.2, 0.25) is 5.02 Å². The molecule has 2 nitrogen and oxygen atoms in total. The van der Waals surface area contributed by atoms with E-state index in [1.165, 1.54) is 16.0 Å². The zero-order valence-electron chi connectivity index (χ0n) is 14.9. The van der Waals surface area contributed by atoms with E-state index >= 15 is 0 Å². The molecule has 0 heterocycles. The molecule has 0 radical (unpaired) electrons. The lowest BCUT2D eigenvalue weighted by Gasteiger charge is -2.18. The fourth-order valence-electron chi connectivity index (χ4n) is 2.45. The van der Waals surface area contributed by atoms with E-state index in [1.54, 1.807) is 0 Å². The maximum absolute atomic E-state index is 5.92. The number of halogens is 1. The van der Waals surface area contributed by atoms with Crippen LogP contribution in [0.15, 0.2) is 47.4 Å². The zero-order chi connectivity index (χ0) is 18.2. The van der Waals surface area contributed by atoms with Gasteiger partial charge in [0.25, 0.3) is 0 Å². The van der Waals surface area contributed by atoms with Crippen molar-refractivity contribution in [3.05, 3.63) is 58.6 Å². The number of nitrogens with one attached hydrogen (secondary N) is 2. The lowest BCUT2D eigenvalue weighted by atomic mass is 10.1. The summed E-state index contributed by atoms with van der Waals surface area (Å²) in [6, 6.07) is 14.3. The average molecular weight is 393 g/mol. The molecule has 0 aliphatic carbocycles. The highest BCUT2D eigenvalue weighted by Gasteiger charge is 2.08. The van der Waals surface area contributed by atoms with Crippen LogP contribution in [0.4, 0.5) is 5.69 Å². The van der Waals surface area contributed by atoms with Gasteiger partial charge < -0.3 is 10.6 Å². The molecule has 0 bridgehead atoms. The van der Waals surface area contributed by atoms with Gasteiger partial charge in [-0.05, 0) is 66.9 Å². The summed E-state index contributed by atoms with van der Waals surface area (Å²) in [4.78, 5) is 1.24. The molecule has 2 aromatic carbocycles. The second kappa shape index (κ2) is 10.0. The summed E-state index contributed by atoms with van der Waals surface area (Å²) in [7, 11) is 0. The van der Waals surface area contributed by atoms with Gasteiger partial charge in [0.1, 0.15) is 0 Å². The molecule has 25 heavy (non-hydrogen) atoms. The van der Waals surface area contributed by atoms with Gasteiger partial charge in [-0.15, -0.1) is 11.8 Å². The maximum Gasteiger partial charge on any atom is 0.170 e. The molecule has 0 aliphatic heterocycles. The first-order valence-corrected chi connectivity index (χ1v) is 10.3. The van der Waals surface area contributed by atoms with E-state index in [0.29, 0.717) is 11.0 Å². The van der Waals surface area contributed by atoms with Crippen LogP contribution in [-0.4, -0.2) is 17.4 Å². The van der Waals surface area contributed by atoms with Gasteiger partial charge in [0, 0.05) is 27.9 Å². The van der Waals surface area contributed by atoms with Crippen LogP contribution < -0.4 is 10.6 Å². The normalized spacial score (nSPS) is 11.8. The number of thioether (sulfide) groups is 1. The van der Waals surface area contributed by atoms with Crippen LogP contribution in [0.5, 0.6) is 0 Å². The van der Waals surface area contributed by atoms with Crippen LogP contribution in [0.3, 0.4) is 0 Å². The van der Waals surface area contributed by atoms with E-state index in [4.69, 9.17) is 23.8 Å². The van der Waals surface area contributed by atoms with Gasteiger partial charge in [0.15, 0.2) is 5.11 Å². The van der Waals surface area contributed by atoms with E-state index in [0.717, 1.165) is 29.4 Å². The molecule has 0 aliphatic rings. The first kappa shape index (κ1) is 20.1. The number of hydrogen-bond acceptors (Lipinski definition) is 2. The summed E-state index contributed by atoms with van der Waals surface area (Å²) in [5.41, 5.74) is 3.64. The number of benzene rings is 2. The molecule has 1 atom stereocenters. The molecule has 0 aromatic heterocycles. The molecule has 5 heteroatoms. The number of para-hydroxylation sites is 1. The van der Waals surface area contributed by atoms with Gasteiger partial charge in [-0.25, -0.2) is 0 Å². The van der Waals surface area contributed by atoms with Crippen LogP contribution in [0.25, 0.3) is 0 Å². The van der Waals surface area contributed by atoms with Crippen LogP contribution in [0.1, 0.15) is 25.0 Å². The SMILES string of the molecule is CCc1cccc(C)c1NC(=S)NC[C@H](C)CSc1ccc(Cl)cc1. The summed E-state index contributed by atoms with van der Waals surface area (Å²) in [5.74, 6) is 1.53. The Bertz CT molecular complexity index is 701. The summed E-state index contributed by atoms with van der Waals surface area (Å²) in [6.07, 6.45) is 0.987. The first-order valence-electron chi connectivity index (χ1n) is 8.51. The maximum atomic E-state index is 5.92. The van der Waals surface area contributed by atoms with Gasteiger partial charge in [0.05, 0.1) is 0 Å². The fourth-order valence-corrected chi connectivity index (χ4v) is 3.69. The van der Waals surface area contributed by atoms with Crippen molar-refractivity contribution < 1.29 is 0 Å². The first-order chi connectivity index (χ1) is 12.0. The van der Waals surface area contributed by atoms with Crippen molar-refractivity contribution in [3.8, 4) is 0 Å². The van der Waals surface area contributed by atoms with Crippen molar-refractivity contribution in [3.63, 3.8) is 0 Å². The van der Waals surface area contributed by atoms with Crippen LogP contribution in [-0.2, 0) is 6.42 Å². The van der Waals surface area contributed by atoms with E-state index < -0.39 is 0 Å². The van der Waals surface area contributed by atoms with Crippen molar-refractivity contribution in [1.82, 2.24) is 5.32 Å². The predicted molar refractivity (Wildman–Crippen MR) is 116 cm³/mol. The molecule has 2 N–H and O–H groups in total. The Morgan fingerprint density at radius 3 is 2.60 bits per heavy atom. The number of rotatable bonds is 7. The summed E-state index contributed by atoms with van der Waals surface area (Å²) < 4.78 is 0. The Kier molecular flexibility index (Phi) is 8.07. The van der Waals surface area contributed by atoms with Crippen molar-refractivity contribution in [1.29, 1.82) is 0 Å². The summed E-state index contributed by atoms with van der Waals surface area (Å²) in [6.45, 7) is 7.34. The quantitative estimate of drug-likeness (QED) is 0.450. The number of aryl methyl sites for hydroxylation is 2. The molecule has 134 valence electrons. The van der Waals surface area contributed by atoms with Crippen LogP contribution >= 0.6 is 35.6 Å². The highest BCUT2D eigenvalue weighted by Crippen LogP contribution is 2.23. The smallest absolute Gasteiger partial charge is 0.170 e. The number of thiocarbonyl (C=S) groups is 1. The Morgan fingerprint density at radius 1 is 1.20 bits per heavy atom. The average Bonchev–Trinajstić information content (AvgIpc) is 2.61. The van der Waals surface area contributed by atoms with Gasteiger partial charge >= 0.3 is 0 Å². The third-order valence-corrected chi connectivity index (χ3v) is 5.78. The highest BCUT2D eigenvalue weighted by atomic mass is 35.5. The number of anilines is 1. The molecule has 0 amide bonds. The topological polar surface area (TPSA) is 24.1 Å². The van der Waals surface area contributed by atoms with Crippen molar-refractivity contribution >= 4 is 46.4 Å². The van der Waals surface area contributed by atoms with Crippen molar-refractivity contribution in [2.75, 3.05) is 17.6 Å². The lowest BCUT2D eigenvalue weighted by molar-refractivity contribution is 0.637. The van der Waals surface area contributed by atoms with Gasteiger partial charge in [-0.2, -0.15) is 0 Å². The minimum Gasteiger partial charge on any atom is -0.362 e. The molecule has 2 rings (SSSR count). The summed E-state index contributed by atoms with van der Waals surface area (Å²) >= 11 is 13.2. The monoisotopic (exact) mass is 392 g/mol. The van der Waals surface area contributed by atoms with Crippen molar-refractivity contribution in [2.24, 2.45) is 5.92 Å². The standard InChI is InChI=1S/C20H25ClN2S2/c1-4-16-7-5-6-15(3)19(16)23-20(24)22-12-14(2)13-25-18-10-8-17(21)9-11-18/h5-11,14H,4,12-13H2,1-3H3,(H2,22,23,24)/t14-/m0/s1. The minimum atomic E-state index is 0.503. The van der Waals surface area contributed by atoms with Crippen LogP contribution in [0, 0.1) is 12.8 Å². The molecule has 0 spiro atoms. The molecule has 0 saturated heterocycles. The van der Waals surface area contributed by atoms with E-state index in [9.17, 15) is 0 Å². The van der Waals surface area contributed by atoms with Gasteiger partial charge in [-0.3, -0.25) is 0 Å². The zero-order valence-corrected chi connectivity index (χ0v) is 17.3. The van der Waals surface area contributed by atoms with Gasteiger partial charge in [-0.1, -0.05) is 43.6 Å². The second-order valence-electron chi connectivity index (χ2n) is 6.17. The van der Waals surface area contributed by atoms with Gasteiger partial charge in [0.2, 0.25) is 0 Å². The number of hydrogen-bond donors (Lipinski definition) is 2. The van der Waals surface area contributed by atoms with E-state index in [-0.39, 0.29) is 0 Å².